The van der Waals surface area contributed by atoms with Crippen molar-refractivity contribution in [1.29, 1.82) is 0 Å². The summed E-state index contributed by atoms with van der Waals surface area (Å²) in [6.07, 6.45) is -0.508. The normalized spacial score (nSPS) is 20.1. The number of methoxy groups -OCH3 is 2. The summed E-state index contributed by atoms with van der Waals surface area (Å²) in [7, 11) is 3.23. The number of morpholine rings is 1. The molecule has 196 valence electrons. The van der Waals surface area contributed by atoms with Crippen molar-refractivity contribution >= 4 is 5.91 Å². The molecule has 36 heavy (non-hydrogen) atoms. The van der Waals surface area contributed by atoms with Gasteiger partial charge in [-0.3, -0.25) is 14.6 Å². The average molecular weight is 500 g/mol. The van der Waals surface area contributed by atoms with Crippen LogP contribution in [0.4, 0.5) is 0 Å². The average Bonchev–Trinajstić information content (AvgIpc) is 2.92. The number of hydrogen-bond acceptors (Lipinski definition) is 8. The second-order valence-corrected chi connectivity index (χ2v) is 9.22. The van der Waals surface area contributed by atoms with E-state index < -0.39 is 6.10 Å². The van der Waals surface area contributed by atoms with Crippen molar-refractivity contribution in [3.05, 3.63) is 54.1 Å². The fourth-order valence-electron chi connectivity index (χ4n) is 4.63. The molecule has 1 N–H and O–H groups in total. The molecule has 0 aliphatic carbocycles. The lowest BCUT2D eigenvalue weighted by atomic mass is 10.1. The van der Waals surface area contributed by atoms with E-state index in [1.807, 2.05) is 47.4 Å². The Hall–Kier alpha value is -2.85. The molecule has 2 heterocycles. The van der Waals surface area contributed by atoms with Crippen LogP contribution in [0.25, 0.3) is 0 Å². The van der Waals surface area contributed by atoms with Crippen molar-refractivity contribution in [2.24, 2.45) is 0 Å². The number of β-amino-alcohol motifs (C(OH)–C–C–N with tert-alkyl or cyclic N) is 1. The van der Waals surface area contributed by atoms with Crippen LogP contribution >= 0.6 is 0 Å². The number of aliphatic hydroxyl groups excluding tert-OH is 1. The third-order valence-electron chi connectivity index (χ3n) is 6.63. The highest BCUT2D eigenvalue weighted by Crippen LogP contribution is 2.18. The molecule has 2 aromatic rings. The van der Waals surface area contributed by atoms with Crippen LogP contribution in [0.5, 0.6) is 17.2 Å². The van der Waals surface area contributed by atoms with Crippen LogP contribution in [0.2, 0.25) is 0 Å². The maximum atomic E-state index is 12.9. The number of ether oxygens (including phenoxy) is 4. The van der Waals surface area contributed by atoms with Crippen molar-refractivity contribution < 1.29 is 28.8 Å². The lowest BCUT2D eigenvalue weighted by Gasteiger charge is -2.39. The van der Waals surface area contributed by atoms with Crippen molar-refractivity contribution in [3.8, 4) is 17.2 Å². The second kappa shape index (κ2) is 12.9. The fraction of sp³-hybridized carbons (Fsp3) is 0.519. The van der Waals surface area contributed by atoms with Gasteiger partial charge in [-0.2, -0.15) is 0 Å². The summed E-state index contributed by atoms with van der Waals surface area (Å²) in [6, 6.07) is 14.6. The maximum Gasteiger partial charge on any atom is 0.254 e. The van der Waals surface area contributed by atoms with Crippen molar-refractivity contribution in [1.82, 2.24) is 14.7 Å². The van der Waals surface area contributed by atoms with Gasteiger partial charge in [0.25, 0.3) is 5.91 Å². The van der Waals surface area contributed by atoms with Crippen LogP contribution < -0.4 is 14.2 Å². The molecule has 0 saturated carbocycles. The molecular formula is C27H37N3O6. The van der Waals surface area contributed by atoms with Crippen LogP contribution in [0.15, 0.2) is 48.5 Å². The Balaban J connectivity index is 1.17. The highest BCUT2D eigenvalue weighted by atomic mass is 16.5. The van der Waals surface area contributed by atoms with E-state index in [1.165, 1.54) is 0 Å². The van der Waals surface area contributed by atoms with Crippen LogP contribution in [0.3, 0.4) is 0 Å². The van der Waals surface area contributed by atoms with E-state index in [0.29, 0.717) is 43.3 Å². The fourth-order valence-corrected chi connectivity index (χ4v) is 4.63. The molecule has 9 nitrogen and oxygen atoms in total. The first-order valence-corrected chi connectivity index (χ1v) is 12.5. The standard InChI is InChI=1S/C27H37N3O6/c1-33-23-6-8-24(9-7-23)36-20-22(31)17-29-14-15-35-26(19-29)18-28-10-12-30(13-11-28)27(32)21-4-3-5-25(16-21)34-2/h3-9,16,22,26,31H,10-15,17-20H2,1-2H3/t22-,26-/m0/s1. The van der Waals surface area contributed by atoms with Gasteiger partial charge < -0.3 is 29.0 Å². The summed E-state index contributed by atoms with van der Waals surface area (Å²) in [4.78, 5) is 19.4. The highest BCUT2D eigenvalue weighted by molar-refractivity contribution is 5.94. The van der Waals surface area contributed by atoms with E-state index in [2.05, 4.69) is 9.80 Å². The van der Waals surface area contributed by atoms with Crippen molar-refractivity contribution in [3.63, 3.8) is 0 Å². The molecule has 2 saturated heterocycles. The summed E-state index contributed by atoms with van der Waals surface area (Å²) < 4.78 is 22.1. The van der Waals surface area contributed by atoms with E-state index in [0.717, 1.165) is 38.5 Å². The zero-order valence-electron chi connectivity index (χ0n) is 21.2. The minimum absolute atomic E-state index is 0.0412. The molecule has 0 aromatic heterocycles. The first-order chi connectivity index (χ1) is 17.5. The Morgan fingerprint density at radius 2 is 1.69 bits per heavy atom. The van der Waals surface area contributed by atoms with Gasteiger partial charge in [0.1, 0.15) is 30.0 Å². The number of aliphatic hydroxyl groups is 1. The largest absolute Gasteiger partial charge is 0.497 e. The Labute approximate surface area is 213 Å². The topological polar surface area (TPSA) is 83.9 Å². The third-order valence-corrected chi connectivity index (χ3v) is 6.63. The van der Waals surface area contributed by atoms with Crippen LogP contribution in [-0.4, -0.2) is 118 Å². The molecule has 2 aliphatic rings. The van der Waals surface area contributed by atoms with E-state index in [4.69, 9.17) is 18.9 Å². The summed E-state index contributed by atoms with van der Waals surface area (Å²) in [5.41, 5.74) is 0.656. The van der Waals surface area contributed by atoms with E-state index >= 15 is 0 Å². The lowest BCUT2D eigenvalue weighted by Crippen LogP contribution is -2.54. The molecule has 0 bridgehead atoms. The molecule has 1 amide bonds. The number of benzene rings is 2. The van der Waals surface area contributed by atoms with Crippen molar-refractivity contribution in [2.75, 3.05) is 79.8 Å². The van der Waals surface area contributed by atoms with Crippen molar-refractivity contribution in [2.45, 2.75) is 12.2 Å². The van der Waals surface area contributed by atoms with Gasteiger partial charge in [0, 0.05) is 57.9 Å². The molecule has 0 spiro atoms. The Morgan fingerprint density at radius 1 is 0.972 bits per heavy atom. The number of piperazine rings is 1. The number of carbonyl (C=O) groups is 1. The molecule has 9 heteroatoms. The zero-order chi connectivity index (χ0) is 25.3. The quantitative estimate of drug-likeness (QED) is 0.528. The van der Waals surface area contributed by atoms with Gasteiger partial charge >= 0.3 is 0 Å². The number of amides is 1. The summed E-state index contributed by atoms with van der Waals surface area (Å²) in [6.45, 7) is 6.79. The van der Waals surface area contributed by atoms with Gasteiger partial charge in [-0.15, -0.1) is 0 Å². The van der Waals surface area contributed by atoms with Gasteiger partial charge in [-0.25, -0.2) is 0 Å². The third kappa shape index (κ3) is 7.33. The Kier molecular flexibility index (Phi) is 9.41. The monoisotopic (exact) mass is 499 g/mol. The minimum atomic E-state index is -0.586. The Bertz CT molecular complexity index is 964. The number of rotatable bonds is 10. The maximum absolute atomic E-state index is 12.9. The number of hydrogen-bond donors (Lipinski definition) is 1. The summed E-state index contributed by atoms with van der Waals surface area (Å²) >= 11 is 0. The van der Waals surface area contributed by atoms with Crippen LogP contribution in [-0.2, 0) is 4.74 Å². The van der Waals surface area contributed by atoms with Gasteiger partial charge in [-0.05, 0) is 42.5 Å². The van der Waals surface area contributed by atoms with Crippen LogP contribution in [0, 0.1) is 0 Å². The molecule has 2 fully saturated rings. The van der Waals surface area contributed by atoms with Gasteiger partial charge in [0.05, 0.1) is 26.9 Å². The van der Waals surface area contributed by atoms with Gasteiger partial charge in [0.15, 0.2) is 0 Å². The molecule has 0 radical (unpaired) electrons. The number of nitrogens with zero attached hydrogens (tertiary/aromatic N) is 3. The number of carbonyl (C=O) groups excluding carboxylic acids is 1. The summed E-state index contributed by atoms with van der Waals surface area (Å²) in [5.74, 6) is 2.21. The molecule has 0 unspecified atom stereocenters. The molecule has 2 atom stereocenters. The molecular weight excluding hydrogens is 462 g/mol. The Morgan fingerprint density at radius 3 is 2.42 bits per heavy atom. The first kappa shape index (κ1) is 26.2. The van der Waals surface area contributed by atoms with E-state index in [-0.39, 0.29) is 18.6 Å². The minimum Gasteiger partial charge on any atom is -0.497 e. The predicted molar refractivity (Wildman–Crippen MR) is 136 cm³/mol. The van der Waals surface area contributed by atoms with Gasteiger partial charge in [0.2, 0.25) is 0 Å². The highest BCUT2D eigenvalue weighted by Gasteiger charge is 2.27. The first-order valence-electron chi connectivity index (χ1n) is 12.5. The second-order valence-electron chi connectivity index (χ2n) is 9.22. The zero-order valence-corrected chi connectivity index (χ0v) is 21.2. The van der Waals surface area contributed by atoms with E-state index in [9.17, 15) is 9.90 Å². The van der Waals surface area contributed by atoms with E-state index in [1.54, 1.807) is 20.3 Å². The SMILES string of the molecule is COc1ccc(OC[C@@H](O)CN2CCO[C@@H](CN3CCN(C(=O)c4cccc(OC)c4)CC3)C2)cc1. The molecule has 2 aliphatic heterocycles. The predicted octanol–water partition coefficient (Wildman–Crippen LogP) is 1.60. The lowest BCUT2D eigenvalue weighted by molar-refractivity contribution is -0.0591. The van der Waals surface area contributed by atoms with Crippen LogP contribution in [0.1, 0.15) is 10.4 Å². The molecule has 4 rings (SSSR count). The smallest absolute Gasteiger partial charge is 0.254 e. The molecule has 2 aromatic carbocycles. The summed E-state index contributed by atoms with van der Waals surface area (Å²) in [5, 5.41) is 10.5. The van der Waals surface area contributed by atoms with Gasteiger partial charge in [-0.1, -0.05) is 6.07 Å².